The summed E-state index contributed by atoms with van der Waals surface area (Å²) in [5, 5.41) is 0. The minimum atomic E-state index is 0.564. The second kappa shape index (κ2) is 6.74. The molecule has 0 atom stereocenters. The Balaban J connectivity index is 1.69. The molecule has 1 amide bonds. The number of hydrogen-bond donors (Lipinski definition) is 0. The van der Waals surface area contributed by atoms with Gasteiger partial charge in [-0.25, -0.2) is 0 Å². The summed E-state index contributed by atoms with van der Waals surface area (Å²) in [7, 11) is 0. The first-order chi connectivity index (χ1) is 9.13. The Kier molecular flexibility index (Phi) is 5.26. The van der Waals surface area contributed by atoms with Crippen LogP contribution in [0.25, 0.3) is 0 Å². The Bertz CT molecular complexity index is 272. The van der Waals surface area contributed by atoms with E-state index >= 15 is 0 Å². The fraction of sp³-hybridized carbons (Fsp3) is 0.938. The van der Waals surface area contributed by atoms with Crippen molar-refractivity contribution in [1.29, 1.82) is 0 Å². The van der Waals surface area contributed by atoms with Crippen molar-refractivity contribution in [3.63, 3.8) is 0 Å². The molecular weight excluding hydrogens is 236 g/mol. The van der Waals surface area contributed by atoms with Gasteiger partial charge in [-0.1, -0.05) is 13.8 Å². The fourth-order valence-electron chi connectivity index (χ4n) is 3.58. The van der Waals surface area contributed by atoms with E-state index in [1.54, 1.807) is 0 Å². The van der Waals surface area contributed by atoms with Crippen LogP contribution < -0.4 is 0 Å². The molecule has 2 saturated heterocycles. The van der Waals surface area contributed by atoms with Crippen molar-refractivity contribution in [3.05, 3.63) is 0 Å². The van der Waals surface area contributed by atoms with Gasteiger partial charge in [-0.2, -0.15) is 0 Å². The Labute approximate surface area is 118 Å². The molecule has 3 nitrogen and oxygen atoms in total. The highest BCUT2D eigenvalue weighted by Crippen LogP contribution is 2.40. The molecule has 19 heavy (non-hydrogen) atoms. The molecule has 2 rings (SSSR count). The van der Waals surface area contributed by atoms with Gasteiger partial charge in [0.15, 0.2) is 0 Å². The standard InChI is InChI=1S/C16H30N2O/c1-15(2)4-3-9-17-10-5-16(6-11-17)7-12-18(14-19)13-8-16/h14-15H,3-13H2,1-2H3. The Morgan fingerprint density at radius 1 is 1.05 bits per heavy atom. The van der Waals surface area contributed by atoms with Gasteiger partial charge in [-0.05, 0) is 69.5 Å². The van der Waals surface area contributed by atoms with Crippen molar-refractivity contribution < 1.29 is 4.79 Å². The summed E-state index contributed by atoms with van der Waals surface area (Å²) in [6, 6.07) is 0. The van der Waals surface area contributed by atoms with Gasteiger partial charge in [0.2, 0.25) is 6.41 Å². The van der Waals surface area contributed by atoms with Crippen LogP contribution in [0, 0.1) is 11.3 Å². The normalized spacial score (nSPS) is 24.1. The van der Waals surface area contributed by atoms with E-state index in [1.807, 2.05) is 4.90 Å². The second-order valence-electron chi connectivity index (χ2n) is 7.02. The topological polar surface area (TPSA) is 23.6 Å². The molecule has 0 radical (unpaired) electrons. The van der Waals surface area contributed by atoms with Gasteiger partial charge in [0.1, 0.15) is 0 Å². The Morgan fingerprint density at radius 3 is 2.16 bits per heavy atom. The predicted octanol–water partition coefficient (Wildman–Crippen LogP) is 2.76. The van der Waals surface area contributed by atoms with Crippen LogP contribution in [0.3, 0.4) is 0 Å². The van der Waals surface area contributed by atoms with Gasteiger partial charge in [0, 0.05) is 13.1 Å². The molecule has 1 spiro atoms. The van der Waals surface area contributed by atoms with E-state index in [0.29, 0.717) is 5.41 Å². The Hall–Kier alpha value is -0.570. The van der Waals surface area contributed by atoms with Crippen LogP contribution in [0.1, 0.15) is 52.4 Å². The number of likely N-dealkylation sites (tertiary alicyclic amines) is 2. The van der Waals surface area contributed by atoms with Crippen LogP contribution in [-0.2, 0) is 4.79 Å². The maximum absolute atomic E-state index is 10.8. The minimum Gasteiger partial charge on any atom is -0.345 e. The van der Waals surface area contributed by atoms with Crippen molar-refractivity contribution >= 4 is 6.41 Å². The molecule has 2 fully saturated rings. The van der Waals surface area contributed by atoms with Crippen LogP contribution in [0.2, 0.25) is 0 Å². The third-order valence-electron chi connectivity index (χ3n) is 5.18. The molecule has 0 N–H and O–H groups in total. The van der Waals surface area contributed by atoms with Crippen LogP contribution in [0.4, 0.5) is 0 Å². The third-order valence-corrected chi connectivity index (χ3v) is 5.18. The lowest BCUT2D eigenvalue weighted by atomic mass is 9.71. The molecule has 0 bridgehead atoms. The van der Waals surface area contributed by atoms with Crippen LogP contribution >= 0.6 is 0 Å². The quantitative estimate of drug-likeness (QED) is 0.714. The highest BCUT2D eigenvalue weighted by atomic mass is 16.1. The molecule has 0 aromatic rings. The van der Waals surface area contributed by atoms with Crippen molar-refractivity contribution in [2.75, 3.05) is 32.7 Å². The summed E-state index contributed by atoms with van der Waals surface area (Å²) in [5.41, 5.74) is 0.564. The summed E-state index contributed by atoms with van der Waals surface area (Å²) in [6.07, 6.45) is 8.88. The van der Waals surface area contributed by atoms with E-state index in [2.05, 4.69) is 18.7 Å². The van der Waals surface area contributed by atoms with Crippen LogP contribution in [0.15, 0.2) is 0 Å². The zero-order valence-corrected chi connectivity index (χ0v) is 12.7. The van der Waals surface area contributed by atoms with Crippen LogP contribution in [-0.4, -0.2) is 48.9 Å². The summed E-state index contributed by atoms with van der Waals surface area (Å²) in [4.78, 5) is 15.4. The van der Waals surface area contributed by atoms with Crippen molar-refractivity contribution in [1.82, 2.24) is 9.80 Å². The summed E-state index contributed by atoms with van der Waals surface area (Å²) in [6.45, 7) is 10.4. The van der Waals surface area contributed by atoms with Gasteiger partial charge in [-0.3, -0.25) is 4.79 Å². The molecule has 3 heteroatoms. The summed E-state index contributed by atoms with van der Waals surface area (Å²) in [5.74, 6) is 0.837. The molecule has 2 aliphatic rings. The van der Waals surface area contributed by atoms with Crippen molar-refractivity contribution in [3.8, 4) is 0 Å². The molecule has 2 aliphatic heterocycles. The van der Waals surface area contributed by atoms with Crippen molar-refractivity contribution in [2.45, 2.75) is 52.4 Å². The second-order valence-corrected chi connectivity index (χ2v) is 7.02. The van der Waals surface area contributed by atoms with E-state index in [4.69, 9.17) is 0 Å². The lowest BCUT2D eigenvalue weighted by molar-refractivity contribution is -0.120. The number of rotatable bonds is 5. The number of amides is 1. The van der Waals surface area contributed by atoms with E-state index in [0.717, 1.165) is 25.4 Å². The monoisotopic (exact) mass is 266 g/mol. The Morgan fingerprint density at radius 2 is 1.63 bits per heavy atom. The molecule has 0 unspecified atom stereocenters. The predicted molar refractivity (Wildman–Crippen MR) is 79.1 cm³/mol. The SMILES string of the molecule is CC(C)CCCN1CCC2(CCN(C=O)CC2)CC1. The lowest BCUT2D eigenvalue weighted by Crippen LogP contribution is -2.46. The fourth-order valence-corrected chi connectivity index (χ4v) is 3.58. The zero-order chi connectivity index (χ0) is 13.7. The highest BCUT2D eigenvalue weighted by Gasteiger charge is 2.36. The number of nitrogens with zero attached hydrogens (tertiary/aromatic N) is 2. The highest BCUT2D eigenvalue weighted by molar-refractivity contribution is 5.47. The molecule has 0 saturated carbocycles. The van der Waals surface area contributed by atoms with E-state index < -0.39 is 0 Å². The zero-order valence-electron chi connectivity index (χ0n) is 12.7. The smallest absolute Gasteiger partial charge is 0.209 e. The largest absolute Gasteiger partial charge is 0.345 e. The number of carbonyl (C=O) groups is 1. The minimum absolute atomic E-state index is 0.564. The van der Waals surface area contributed by atoms with E-state index in [-0.39, 0.29) is 0 Å². The average molecular weight is 266 g/mol. The van der Waals surface area contributed by atoms with E-state index in [1.165, 1.54) is 58.2 Å². The number of hydrogen-bond acceptors (Lipinski definition) is 2. The van der Waals surface area contributed by atoms with Gasteiger partial charge >= 0.3 is 0 Å². The van der Waals surface area contributed by atoms with Gasteiger partial charge in [0.05, 0.1) is 0 Å². The summed E-state index contributed by atoms with van der Waals surface area (Å²) >= 11 is 0. The van der Waals surface area contributed by atoms with Gasteiger partial charge in [0.25, 0.3) is 0 Å². The van der Waals surface area contributed by atoms with Gasteiger partial charge < -0.3 is 9.80 Å². The van der Waals surface area contributed by atoms with Crippen LogP contribution in [0.5, 0.6) is 0 Å². The number of piperidine rings is 2. The molecule has 0 aromatic carbocycles. The first-order valence-electron chi connectivity index (χ1n) is 8.05. The maximum Gasteiger partial charge on any atom is 0.209 e. The molecular formula is C16H30N2O. The molecule has 2 heterocycles. The first-order valence-corrected chi connectivity index (χ1v) is 8.05. The molecule has 0 aliphatic carbocycles. The van der Waals surface area contributed by atoms with Crippen molar-refractivity contribution in [2.24, 2.45) is 11.3 Å². The summed E-state index contributed by atoms with van der Waals surface area (Å²) < 4.78 is 0. The molecule has 110 valence electrons. The lowest BCUT2D eigenvalue weighted by Gasteiger charge is -2.46. The first kappa shape index (κ1) is 14.8. The van der Waals surface area contributed by atoms with Gasteiger partial charge in [-0.15, -0.1) is 0 Å². The average Bonchev–Trinajstić information content (AvgIpc) is 2.42. The number of carbonyl (C=O) groups excluding carboxylic acids is 1. The maximum atomic E-state index is 10.8. The van der Waals surface area contributed by atoms with E-state index in [9.17, 15) is 4.79 Å². The molecule has 0 aromatic heterocycles. The third kappa shape index (κ3) is 4.20.